The molecule has 0 aliphatic carbocycles. The van der Waals surface area contributed by atoms with Gasteiger partial charge < -0.3 is 14.7 Å². The van der Waals surface area contributed by atoms with Crippen molar-refractivity contribution < 1.29 is 5.21 Å². The highest BCUT2D eigenvalue weighted by molar-refractivity contribution is 5.99. The van der Waals surface area contributed by atoms with Crippen LogP contribution in [0.2, 0.25) is 0 Å². The highest BCUT2D eigenvalue weighted by Gasteiger charge is 2.32. The van der Waals surface area contributed by atoms with E-state index in [0.717, 1.165) is 50.8 Å². The summed E-state index contributed by atoms with van der Waals surface area (Å²) in [5.74, 6) is 0.966. The standard InChI is InChI=1S/C17H24N7O/c25-24-16-13(19-20-24)14(21-7-1-2-8-21)15(22-9-3-4-10-22)17(18-16)23-11-5-6-12-23/h1-12H2. The van der Waals surface area contributed by atoms with E-state index >= 15 is 0 Å². The summed E-state index contributed by atoms with van der Waals surface area (Å²) in [6, 6.07) is 0. The second-order valence-corrected chi connectivity index (χ2v) is 7.35. The van der Waals surface area contributed by atoms with Crippen LogP contribution in [0.25, 0.3) is 11.2 Å². The van der Waals surface area contributed by atoms with Crippen LogP contribution in [-0.4, -0.2) is 59.4 Å². The Bertz CT molecular complexity index is 771. The highest BCUT2D eigenvalue weighted by atomic mass is 16.5. The molecule has 2 aromatic rings. The SMILES string of the molecule is [O]n1nnc2c(N3CCCC3)c(N3CCCC3)c(N3CCCC3)nc21. The molecule has 3 fully saturated rings. The van der Waals surface area contributed by atoms with Gasteiger partial charge in [0, 0.05) is 39.3 Å². The quantitative estimate of drug-likeness (QED) is 0.847. The van der Waals surface area contributed by atoms with Crippen LogP contribution in [0.15, 0.2) is 0 Å². The van der Waals surface area contributed by atoms with Crippen LogP contribution in [0.3, 0.4) is 0 Å². The monoisotopic (exact) mass is 342 g/mol. The minimum absolute atomic E-state index is 0.367. The lowest BCUT2D eigenvalue weighted by Gasteiger charge is -2.31. The summed E-state index contributed by atoms with van der Waals surface area (Å²) in [6.07, 6.45) is 7.18. The lowest BCUT2D eigenvalue weighted by atomic mass is 10.2. The molecule has 8 heteroatoms. The molecule has 0 aromatic carbocycles. The molecule has 0 bridgehead atoms. The zero-order valence-electron chi connectivity index (χ0n) is 14.5. The van der Waals surface area contributed by atoms with E-state index in [0.29, 0.717) is 16.0 Å². The molecular weight excluding hydrogens is 318 g/mol. The molecule has 5 heterocycles. The third kappa shape index (κ3) is 2.38. The normalized spacial score (nSPS) is 21.2. The van der Waals surface area contributed by atoms with E-state index in [2.05, 4.69) is 25.0 Å². The fourth-order valence-corrected chi connectivity index (χ4v) is 4.50. The molecule has 25 heavy (non-hydrogen) atoms. The van der Waals surface area contributed by atoms with Gasteiger partial charge in [-0.25, -0.2) is 4.98 Å². The smallest absolute Gasteiger partial charge is 0.228 e. The minimum Gasteiger partial charge on any atom is -0.368 e. The number of aromatic nitrogens is 4. The predicted molar refractivity (Wildman–Crippen MR) is 95.7 cm³/mol. The van der Waals surface area contributed by atoms with E-state index in [1.165, 1.54) is 44.2 Å². The summed E-state index contributed by atoms with van der Waals surface area (Å²) in [4.78, 5) is 12.6. The predicted octanol–water partition coefficient (Wildman–Crippen LogP) is 1.82. The van der Waals surface area contributed by atoms with Crippen LogP contribution < -0.4 is 14.7 Å². The Morgan fingerprint density at radius 1 is 0.680 bits per heavy atom. The Labute approximate surface area is 147 Å². The molecule has 3 aliphatic rings. The molecule has 3 saturated heterocycles. The van der Waals surface area contributed by atoms with Crippen LogP contribution in [-0.2, 0) is 5.21 Å². The second-order valence-electron chi connectivity index (χ2n) is 7.35. The summed E-state index contributed by atoms with van der Waals surface area (Å²) < 4.78 is 0. The summed E-state index contributed by atoms with van der Waals surface area (Å²) in [6.45, 7) is 6.18. The van der Waals surface area contributed by atoms with Crippen LogP contribution in [0.4, 0.5) is 17.2 Å². The van der Waals surface area contributed by atoms with Crippen LogP contribution in [0.5, 0.6) is 0 Å². The van der Waals surface area contributed by atoms with Gasteiger partial charge in [-0.1, -0.05) is 0 Å². The Kier molecular flexibility index (Phi) is 3.57. The van der Waals surface area contributed by atoms with E-state index < -0.39 is 0 Å². The van der Waals surface area contributed by atoms with Gasteiger partial charge in [-0.2, -0.15) is 0 Å². The molecule has 133 valence electrons. The first-order valence-corrected chi connectivity index (χ1v) is 9.55. The molecule has 3 aliphatic heterocycles. The Morgan fingerprint density at radius 2 is 1.20 bits per heavy atom. The van der Waals surface area contributed by atoms with Gasteiger partial charge >= 0.3 is 0 Å². The zero-order chi connectivity index (χ0) is 16.8. The molecule has 5 rings (SSSR count). The van der Waals surface area contributed by atoms with Gasteiger partial charge in [0.15, 0.2) is 11.3 Å². The second kappa shape index (κ2) is 5.93. The third-order valence-electron chi connectivity index (χ3n) is 5.74. The van der Waals surface area contributed by atoms with Gasteiger partial charge in [0.05, 0.1) is 5.69 Å². The molecule has 0 spiro atoms. The molecule has 0 unspecified atom stereocenters. The molecule has 0 amide bonds. The number of hydrogen-bond acceptors (Lipinski definition) is 6. The maximum Gasteiger partial charge on any atom is 0.228 e. The molecule has 0 atom stereocenters. The Morgan fingerprint density at radius 3 is 1.80 bits per heavy atom. The van der Waals surface area contributed by atoms with E-state index in [4.69, 9.17) is 4.98 Å². The molecule has 0 N–H and O–H groups in total. The van der Waals surface area contributed by atoms with Gasteiger partial charge in [0.1, 0.15) is 5.69 Å². The number of anilines is 3. The van der Waals surface area contributed by atoms with Crippen molar-refractivity contribution >= 4 is 28.4 Å². The fraction of sp³-hybridized carbons (Fsp3) is 0.706. The van der Waals surface area contributed by atoms with Crippen molar-refractivity contribution in [2.24, 2.45) is 0 Å². The lowest BCUT2D eigenvalue weighted by Crippen LogP contribution is -2.29. The largest absolute Gasteiger partial charge is 0.368 e. The molecule has 0 saturated carbocycles. The minimum atomic E-state index is 0.367. The van der Waals surface area contributed by atoms with Gasteiger partial charge in [-0.05, 0) is 48.6 Å². The first-order chi connectivity index (χ1) is 12.3. The van der Waals surface area contributed by atoms with E-state index in [-0.39, 0.29) is 0 Å². The fourth-order valence-electron chi connectivity index (χ4n) is 4.50. The summed E-state index contributed by atoms with van der Waals surface area (Å²) in [7, 11) is 0. The summed E-state index contributed by atoms with van der Waals surface area (Å²) >= 11 is 0. The van der Waals surface area contributed by atoms with Crippen molar-refractivity contribution in [2.45, 2.75) is 38.5 Å². The van der Waals surface area contributed by atoms with Crippen LogP contribution in [0, 0.1) is 0 Å². The summed E-state index contributed by atoms with van der Waals surface area (Å²) in [5.41, 5.74) is 3.32. The van der Waals surface area contributed by atoms with Crippen LogP contribution in [0.1, 0.15) is 38.5 Å². The van der Waals surface area contributed by atoms with Gasteiger partial charge in [-0.3, -0.25) is 0 Å². The van der Waals surface area contributed by atoms with Crippen molar-refractivity contribution in [3.8, 4) is 0 Å². The number of pyridine rings is 1. The Balaban J connectivity index is 1.77. The third-order valence-corrected chi connectivity index (χ3v) is 5.74. The molecule has 2 aromatic heterocycles. The van der Waals surface area contributed by atoms with E-state index in [9.17, 15) is 5.21 Å². The average Bonchev–Trinajstić information content (AvgIpc) is 3.40. The zero-order valence-corrected chi connectivity index (χ0v) is 14.5. The maximum atomic E-state index is 12.2. The summed E-state index contributed by atoms with van der Waals surface area (Å²) in [5, 5.41) is 20.1. The van der Waals surface area contributed by atoms with Crippen molar-refractivity contribution in [3.63, 3.8) is 0 Å². The van der Waals surface area contributed by atoms with Crippen molar-refractivity contribution in [1.82, 2.24) is 20.1 Å². The first kappa shape index (κ1) is 15.0. The topological polar surface area (TPSA) is 73.2 Å². The van der Waals surface area contributed by atoms with E-state index in [1.807, 2.05) is 0 Å². The van der Waals surface area contributed by atoms with Crippen molar-refractivity contribution in [3.05, 3.63) is 0 Å². The lowest BCUT2D eigenvalue weighted by molar-refractivity contribution is 0.0637. The maximum absolute atomic E-state index is 12.2. The van der Waals surface area contributed by atoms with Crippen LogP contribution >= 0.6 is 0 Å². The highest BCUT2D eigenvalue weighted by Crippen LogP contribution is 2.44. The molecule has 1 radical (unpaired) electrons. The number of hydrogen-bond donors (Lipinski definition) is 0. The number of fused-ring (bicyclic) bond motifs is 1. The van der Waals surface area contributed by atoms with Gasteiger partial charge in [-0.15, -0.1) is 10.3 Å². The average molecular weight is 342 g/mol. The number of rotatable bonds is 3. The van der Waals surface area contributed by atoms with E-state index in [1.54, 1.807) is 0 Å². The van der Waals surface area contributed by atoms with Gasteiger partial charge in [0.2, 0.25) is 5.65 Å². The number of nitrogens with zero attached hydrogens (tertiary/aromatic N) is 7. The van der Waals surface area contributed by atoms with Crippen molar-refractivity contribution in [1.29, 1.82) is 0 Å². The van der Waals surface area contributed by atoms with Crippen molar-refractivity contribution in [2.75, 3.05) is 54.0 Å². The Hall–Kier alpha value is -2.25. The molecule has 8 nitrogen and oxygen atoms in total. The van der Waals surface area contributed by atoms with Gasteiger partial charge in [0.25, 0.3) is 0 Å². The molecular formula is C17H24N7O. The first-order valence-electron chi connectivity index (χ1n) is 9.55.